The average molecular weight is 519 g/mol. The lowest BCUT2D eigenvalue weighted by molar-refractivity contribution is -0.143. The van der Waals surface area contributed by atoms with Gasteiger partial charge in [-0.25, -0.2) is 0 Å². The Morgan fingerprint density at radius 3 is 1.95 bits per heavy atom. The minimum atomic E-state index is -4.53. The normalized spacial score (nSPS) is 19.6. The van der Waals surface area contributed by atoms with Crippen LogP contribution >= 0.6 is 0 Å². The molecular formula is C27H29F3N2O5. The summed E-state index contributed by atoms with van der Waals surface area (Å²) in [5.74, 6) is -1.60. The number of rotatable bonds is 9. The topological polar surface area (TPSA) is 105 Å². The van der Waals surface area contributed by atoms with Crippen molar-refractivity contribution in [2.45, 2.75) is 56.7 Å². The van der Waals surface area contributed by atoms with E-state index in [-0.39, 0.29) is 48.1 Å². The summed E-state index contributed by atoms with van der Waals surface area (Å²) < 4.78 is 46.1. The van der Waals surface area contributed by atoms with Crippen LogP contribution in [-0.4, -0.2) is 42.1 Å². The molecule has 37 heavy (non-hydrogen) atoms. The van der Waals surface area contributed by atoms with E-state index in [0.29, 0.717) is 37.0 Å². The smallest absolute Gasteiger partial charge is 0.416 e. The number of carbonyl (C=O) groups is 3. The first-order chi connectivity index (χ1) is 17.6. The number of alkyl halides is 3. The predicted octanol–water partition coefficient (Wildman–Crippen LogP) is 4.76. The highest BCUT2D eigenvalue weighted by molar-refractivity contribution is 5.95. The first kappa shape index (κ1) is 26.5. The summed E-state index contributed by atoms with van der Waals surface area (Å²) >= 11 is 0. The molecule has 2 saturated carbocycles. The third-order valence-electron chi connectivity index (χ3n) is 6.78. The van der Waals surface area contributed by atoms with Crippen molar-refractivity contribution in [1.82, 2.24) is 10.6 Å². The molecule has 0 heterocycles. The number of nitrogens with one attached hydrogen (secondary N) is 2. The molecule has 198 valence electrons. The molecule has 3 N–H and O–H groups in total. The number of hydrogen-bond acceptors (Lipinski definition) is 4. The number of carboxylic acid groups (broad SMARTS) is 1. The van der Waals surface area contributed by atoms with Gasteiger partial charge in [0.1, 0.15) is 5.75 Å². The lowest BCUT2D eigenvalue weighted by Gasteiger charge is -2.26. The fourth-order valence-electron chi connectivity index (χ4n) is 4.55. The molecule has 0 atom stereocenters. The van der Waals surface area contributed by atoms with Gasteiger partial charge in [-0.05, 0) is 86.4 Å². The van der Waals surface area contributed by atoms with Gasteiger partial charge in [-0.15, -0.1) is 0 Å². The van der Waals surface area contributed by atoms with E-state index >= 15 is 0 Å². The standard InChI is InChI=1S/C27H29F3N2O5/c28-27(29,30)23-15-19(7-12-22(23)16-1-2-16)25(34)32-14-13-31-24(33)17-3-8-20(9-4-17)37-21-10-5-18(6-11-21)26(35)36/h3-4,7-9,12,15-16,18,21H,1-2,5-6,10-11,13-14H2,(H,31,33)(H,32,34)(H,35,36). The van der Waals surface area contributed by atoms with Crippen LogP contribution in [0.25, 0.3) is 0 Å². The summed E-state index contributed by atoms with van der Waals surface area (Å²) in [6.07, 6.45) is -0.670. The number of carboxylic acids is 1. The summed E-state index contributed by atoms with van der Waals surface area (Å²) in [4.78, 5) is 35.8. The van der Waals surface area contributed by atoms with Crippen LogP contribution in [0.15, 0.2) is 42.5 Å². The first-order valence-electron chi connectivity index (χ1n) is 12.4. The highest BCUT2D eigenvalue weighted by Gasteiger charge is 2.38. The molecule has 0 spiro atoms. The van der Waals surface area contributed by atoms with Crippen LogP contribution < -0.4 is 15.4 Å². The molecule has 2 aliphatic rings. The predicted molar refractivity (Wildman–Crippen MR) is 129 cm³/mol. The summed E-state index contributed by atoms with van der Waals surface area (Å²) in [6.45, 7) is 0.151. The number of ether oxygens (including phenoxy) is 1. The van der Waals surface area contributed by atoms with E-state index in [2.05, 4.69) is 10.6 Å². The van der Waals surface area contributed by atoms with Gasteiger partial charge in [0.15, 0.2) is 0 Å². The van der Waals surface area contributed by atoms with Crippen LogP contribution in [0.3, 0.4) is 0 Å². The van der Waals surface area contributed by atoms with Crippen molar-refractivity contribution in [3.8, 4) is 5.75 Å². The zero-order chi connectivity index (χ0) is 26.6. The molecule has 2 aromatic carbocycles. The number of carbonyl (C=O) groups excluding carboxylic acids is 2. The van der Waals surface area contributed by atoms with Crippen molar-refractivity contribution in [2.24, 2.45) is 5.92 Å². The fraction of sp³-hybridized carbons (Fsp3) is 0.444. The summed E-state index contributed by atoms with van der Waals surface area (Å²) in [5, 5.41) is 14.3. The maximum Gasteiger partial charge on any atom is 0.416 e. The molecular weight excluding hydrogens is 489 g/mol. The third kappa shape index (κ3) is 7.02. The van der Waals surface area contributed by atoms with E-state index in [1.165, 1.54) is 12.1 Å². The molecule has 2 aliphatic carbocycles. The fourth-order valence-corrected chi connectivity index (χ4v) is 4.55. The maximum atomic E-state index is 13.4. The highest BCUT2D eigenvalue weighted by Crippen LogP contribution is 2.46. The zero-order valence-corrected chi connectivity index (χ0v) is 20.1. The monoisotopic (exact) mass is 518 g/mol. The second kappa shape index (κ2) is 11.2. The van der Waals surface area contributed by atoms with E-state index in [0.717, 1.165) is 18.9 Å². The van der Waals surface area contributed by atoms with Gasteiger partial charge in [-0.3, -0.25) is 14.4 Å². The SMILES string of the molecule is O=C(NCCNC(=O)c1ccc(C2CC2)c(C(F)(F)F)c1)c1ccc(OC2CCC(C(=O)O)CC2)cc1. The van der Waals surface area contributed by atoms with Crippen molar-refractivity contribution in [3.63, 3.8) is 0 Å². The van der Waals surface area contributed by atoms with Gasteiger partial charge in [0.05, 0.1) is 17.6 Å². The third-order valence-corrected chi connectivity index (χ3v) is 6.78. The second-order valence-electron chi connectivity index (χ2n) is 9.54. The Balaban J connectivity index is 1.21. The molecule has 0 unspecified atom stereocenters. The Labute approximate surface area is 212 Å². The minimum Gasteiger partial charge on any atom is -0.490 e. The Bertz CT molecular complexity index is 1140. The molecule has 0 bridgehead atoms. The Morgan fingerprint density at radius 1 is 0.838 bits per heavy atom. The number of hydrogen-bond donors (Lipinski definition) is 3. The van der Waals surface area contributed by atoms with Gasteiger partial charge in [0, 0.05) is 24.2 Å². The second-order valence-corrected chi connectivity index (χ2v) is 9.54. The number of halogens is 3. The minimum absolute atomic E-state index is 0.0521. The van der Waals surface area contributed by atoms with Crippen LogP contribution in [0.4, 0.5) is 13.2 Å². The van der Waals surface area contributed by atoms with Gasteiger partial charge < -0.3 is 20.5 Å². The quantitative estimate of drug-likeness (QED) is 0.415. The first-order valence-corrected chi connectivity index (χ1v) is 12.4. The average Bonchev–Trinajstić information content (AvgIpc) is 3.72. The largest absolute Gasteiger partial charge is 0.490 e. The van der Waals surface area contributed by atoms with Crippen LogP contribution in [0.1, 0.15) is 76.3 Å². The zero-order valence-electron chi connectivity index (χ0n) is 20.1. The Kier molecular flexibility index (Phi) is 8.04. The molecule has 4 rings (SSSR count). The molecule has 2 fully saturated rings. The van der Waals surface area contributed by atoms with Gasteiger partial charge in [-0.1, -0.05) is 6.07 Å². The van der Waals surface area contributed by atoms with E-state index in [9.17, 15) is 27.6 Å². The summed E-state index contributed by atoms with van der Waals surface area (Å²) in [6, 6.07) is 10.2. The Hall–Kier alpha value is -3.56. The number of amides is 2. The number of aliphatic carboxylic acids is 1. The molecule has 10 heteroatoms. The maximum absolute atomic E-state index is 13.4. The summed E-state index contributed by atoms with van der Waals surface area (Å²) in [5.41, 5.74) is -0.219. The van der Waals surface area contributed by atoms with Crippen molar-refractivity contribution in [1.29, 1.82) is 0 Å². The molecule has 2 amide bonds. The molecule has 2 aromatic rings. The number of benzene rings is 2. The van der Waals surface area contributed by atoms with E-state index in [1.54, 1.807) is 24.3 Å². The van der Waals surface area contributed by atoms with Crippen molar-refractivity contribution < 1.29 is 37.4 Å². The van der Waals surface area contributed by atoms with Gasteiger partial charge >= 0.3 is 12.1 Å². The van der Waals surface area contributed by atoms with Crippen molar-refractivity contribution in [3.05, 3.63) is 64.7 Å². The van der Waals surface area contributed by atoms with Crippen LogP contribution in [0.2, 0.25) is 0 Å². The Morgan fingerprint density at radius 2 is 1.41 bits per heavy atom. The molecule has 0 saturated heterocycles. The molecule has 0 radical (unpaired) electrons. The van der Waals surface area contributed by atoms with Crippen LogP contribution in [-0.2, 0) is 11.0 Å². The van der Waals surface area contributed by atoms with Crippen molar-refractivity contribution >= 4 is 17.8 Å². The molecule has 0 aromatic heterocycles. The van der Waals surface area contributed by atoms with E-state index < -0.39 is 23.6 Å². The van der Waals surface area contributed by atoms with Crippen LogP contribution in [0, 0.1) is 5.92 Å². The van der Waals surface area contributed by atoms with Gasteiger partial charge in [-0.2, -0.15) is 13.2 Å². The molecule has 0 aliphatic heterocycles. The molecule has 7 nitrogen and oxygen atoms in total. The summed E-state index contributed by atoms with van der Waals surface area (Å²) in [7, 11) is 0. The van der Waals surface area contributed by atoms with E-state index in [4.69, 9.17) is 9.84 Å². The highest BCUT2D eigenvalue weighted by atomic mass is 19.4. The van der Waals surface area contributed by atoms with Crippen molar-refractivity contribution in [2.75, 3.05) is 13.1 Å². The van der Waals surface area contributed by atoms with E-state index in [1.807, 2.05) is 0 Å². The van der Waals surface area contributed by atoms with Crippen LogP contribution in [0.5, 0.6) is 5.75 Å². The lowest BCUT2D eigenvalue weighted by atomic mass is 9.87. The van der Waals surface area contributed by atoms with Gasteiger partial charge in [0.2, 0.25) is 0 Å². The lowest BCUT2D eigenvalue weighted by Crippen LogP contribution is -2.34. The van der Waals surface area contributed by atoms with Gasteiger partial charge in [0.25, 0.3) is 11.8 Å².